The number of nitrogens with zero attached hydrogens (tertiary/aromatic N) is 2. The Balaban J connectivity index is 0. The predicted octanol–water partition coefficient (Wildman–Crippen LogP) is 2.60. The van der Waals surface area contributed by atoms with Gasteiger partial charge < -0.3 is 10.2 Å². The molecule has 1 N–H and O–H groups in total. The summed E-state index contributed by atoms with van der Waals surface area (Å²) in [6.07, 6.45) is 1.61. The van der Waals surface area contributed by atoms with Gasteiger partial charge in [-0.2, -0.15) is 0 Å². The maximum Gasteiger partial charge on any atom is 0.252 e. The lowest BCUT2D eigenvalue weighted by Crippen LogP contribution is -2.34. The van der Waals surface area contributed by atoms with Crippen molar-refractivity contribution in [3.8, 4) is 0 Å². The van der Waals surface area contributed by atoms with Gasteiger partial charge in [-0.15, -0.1) is 24.8 Å². The number of carbonyl (C=O) groups is 1. The summed E-state index contributed by atoms with van der Waals surface area (Å²) in [5.74, 6) is -0.0546. The standard InChI is InChI=1S/C12H18IN3O.2ClH/c1-3-16(4-2)8-7-14-12(17)10-5-6-11(13)15-9-10;;/h5-6,9H,3-4,7-8H2,1-2H3,(H,14,17);2*1H/i13-2;;. The quantitative estimate of drug-likeness (QED) is 0.571. The zero-order chi connectivity index (χ0) is 12.7. The van der Waals surface area contributed by atoms with Crippen molar-refractivity contribution in [3.63, 3.8) is 0 Å². The molecule has 0 atom stereocenters. The van der Waals surface area contributed by atoms with E-state index in [1.165, 1.54) is 0 Å². The van der Waals surface area contributed by atoms with Gasteiger partial charge in [-0.3, -0.25) is 4.79 Å². The normalized spacial score (nSPS) is 9.47. The van der Waals surface area contributed by atoms with Crippen LogP contribution in [0.5, 0.6) is 0 Å². The molecule has 0 spiro atoms. The van der Waals surface area contributed by atoms with Crippen molar-refractivity contribution < 1.29 is 4.79 Å². The van der Waals surface area contributed by atoms with E-state index in [0.717, 1.165) is 23.3 Å². The number of likely N-dealkylation sites (N-methyl/N-ethyl adjacent to an activating group) is 1. The zero-order valence-corrected chi connectivity index (χ0v) is 14.8. The summed E-state index contributed by atoms with van der Waals surface area (Å²) in [5.41, 5.74) is 0.616. The van der Waals surface area contributed by atoms with Gasteiger partial charge in [-0.05, 0) is 47.8 Å². The number of aromatic nitrogens is 1. The van der Waals surface area contributed by atoms with E-state index >= 15 is 0 Å². The molecule has 0 radical (unpaired) electrons. The van der Waals surface area contributed by atoms with E-state index in [4.69, 9.17) is 0 Å². The average Bonchev–Trinajstić information content (AvgIpc) is 2.35. The lowest BCUT2D eigenvalue weighted by Gasteiger charge is -2.17. The molecule has 19 heavy (non-hydrogen) atoms. The summed E-state index contributed by atoms with van der Waals surface area (Å²) in [6.45, 7) is 7.82. The Morgan fingerprint density at radius 1 is 1.32 bits per heavy atom. The fourth-order valence-electron chi connectivity index (χ4n) is 1.48. The third-order valence-corrected chi connectivity index (χ3v) is 3.24. The molecule has 110 valence electrons. The number of hydrogen-bond acceptors (Lipinski definition) is 3. The second-order valence-electron chi connectivity index (χ2n) is 3.65. The van der Waals surface area contributed by atoms with Crippen LogP contribution in [0.1, 0.15) is 24.2 Å². The number of carbonyl (C=O) groups excluding carboxylic acids is 1. The number of halogens is 3. The molecule has 0 aromatic carbocycles. The summed E-state index contributed by atoms with van der Waals surface area (Å²) in [7, 11) is 0. The third kappa shape index (κ3) is 7.91. The minimum Gasteiger partial charge on any atom is -0.351 e. The molecule has 1 amide bonds. The van der Waals surface area contributed by atoms with Crippen molar-refractivity contribution in [2.24, 2.45) is 0 Å². The van der Waals surface area contributed by atoms with Gasteiger partial charge in [0, 0.05) is 19.3 Å². The van der Waals surface area contributed by atoms with Gasteiger partial charge >= 0.3 is 0 Å². The van der Waals surface area contributed by atoms with Gasteiger partial charge in [0.1, 0.15) is 3.70 Å². The molecule has 0 bridgehead atoms. The van der Waals surface area contributed by atoms with Crippen molar-refractivity contribution >= 4 is 53.3 Å². The molecule has 4 nitrogen and oxygen atoms in total. The largest absolute Gasteiger partial charge is 0.351 e. The maximum atomic E-state index is 11.7. The van der Waals surface area contributed by atoms with Gasteiger partial charge in [0.05, 0.1) is 5.56 Å². The minimum atomic E-state index is -0.0546. The first kappa shape index (κ1) is 21.2. The van der Waals surface area contributed by atoms with Gasteiger partial charge in [0.15, 0.2) is 0 Å². The number of amides is 1. The molecule has 7 heteroatoms. The summed E-state index contributed by atoms with van der Waals surface area (Å²) in [5, 5.41) is 2.89. The smallest absolute Gasteiger partial charge is 0.252 e. The van der Waals surface area contributed by atoms with Crippen LogP contribution in [0.4, 0.5) is 0 Å². The molecule has 0 aliphatic carbocycles. The molecule has 0 saturated heterocycles. The van der Waals surface area contributed by atoms with Crippen LogP contribution in [0.3, 0.4) is 0 Å². The molecule has 1 heterocycles. The predicted molar refractivity (Wildman–Crippen MR) is 91.6 cm³/mol. The molecule has 0 saturated carbocycles. The molecule has 0 aliphatic rings. The lowest BCUT2D eigenvalue weighted by atomic mass is 10.3. The second kappa shape index (κ2) is 11.7. The van der Waals surface area contributed by atoms with Gasteiger partial charge in [0.2, 0.25) is 0 Å². The third-order valence-electron chi connectivity index (χ3n) is 2.60. The van der Waals surface area contributed by atoms with E-state index in [9.17, 15) is 4.79 Å². The van der Waals surface area contributed by atoms with Crippen LogP contribution < -0.4 is 5.32 Å². The van der Waals surface area contributed by atoms with E-state index < -0.39 is 0 Å². The van der Waals surface area contributed by atoms with Crippen LogP contribution in [0.15, 0.2) is 18.3 Å². The topological polar surface area (TPSA) is 45.2 Å². The van der Waals surface area contributed by atoms with E-state index in [-0.39, 0.29) is 30.7 Å². The van der Waals surface area contributed by atoms with E-state index in [2.05, 4.69) is 51.6 Å². The van der Waals surface area contributed by atoms with Crippen LogP contribution in [0.2, 0.25) is 0 Å². The molecule has 1 aromatic rings. The number of nitrogens with one attached hydrogen (secondary N) is 1. The van der Waals surface area contributed by atoms with Crippen LogP contribution in [-0.4, -0.2) is 42.0 Å². The van der Waals surface area contributed by atoms with Crippen molar-refractivity contribution in [3.05, 3.63) is 27.6 Å². The lowest BCUT2D eigenvalue weighted by molar-refractivity contribution is 0.0948. The molecule has 1 aromatic heterocycles. The van der Waals surface area contributed by atoms with Crippen LogP contribution in [0, 0.1) is 3.70 Å². The Bertz CT molecular complexity index is 358. The monoisotopic (exact) mass is 417 g/mol. The summed E-state index contributed by atoms with van der Waals surface area (Å²) in [6, 6.07) is 3.63. The number of pyridine rings is 1. The highest BCUT2D eigenvalue weighted by Gasteiger charge is 2.05. The van der Waals surface area contributed by atoms with Crippen molar-refractivity contribution in [2.75, 3.05) is 26.2 Å². The highest BCUT2D eigenvalue weighted by molar-refractivity contribution is 14.1. The fraction of sp³-hybridized carbons (Fsp3) is 0.500. The number of hydrogen-bond donors (Lipinski definition) is 1. The summed E-state index contributed by atoms with van der Waals surface area (Å²) >= 11 is 2.12. The molecule has 0 unspecified atom stereocenters. The van der Waals surface area contributed by atoms with Crippen molar-refractivity contribution in [2.45, 2.75) is 13.8 Å². The highest BCUT2D eigenvalue weighted by atomic mass is 125. The van der Waals surface area contributed by atoms with Crippen LogP contribution in [-0.2, 0) is 0 Å². The van der Waals surface area contributed by atoms with Gasteiger partial charge in [-0.1, -0.05) is 13.8 Å². The Morgan fingerprint density at radius 2 is 1.95 bits per heavy atom. The Kier molecular flexibility index (Phi) is 13.0. The Labute approximate surface area is 140 Å². The first-order valence-electron chi connectivity index (χ1n) is 5.79. The van der Waals surface area contributed by atoms with Gasteiger partial charge in [-0.25, -0.2) is 4.98 Å². The zero-order valence-electron chi connectivity index (χ0n) is 11.1. The fourth-order valence-corrected chi connectivity index (χ4v) is 1.80. The van der Waals surface area contributed by atoms with Crippen LogP contribution >= 0.6 is 47.4 Å². The van der Waals surface area contributed by atoms with E-state index in [1.54, 1.807) is 12.3 Å². The molecule has 0 fully saturated rings. The maximum absolute atomic E-state index is 11.7. The Hall–Kier alpha value is -0.110. The number of rotatable bonds is 6. The van der Waals surface area contributed by atoms with Gasteiger partial charge in [0.25, 0.3) is 5.91 Å². The minimum absolute atomic E-state index is 0. The van der Waals surface area contributed by atoms with Crippen molar-refractivity contribution in [1.82, 2.24) is 15.2 Å². The molecule has 0 aliphatic heterocycles. The second-order valence-corrected chi connectivity index (χ2v) is 4.76. The summed E-state index contributed by atoms with van der Waals surface area (Å²) in [4.78, 5) is 18.1. The first-order chi connectivity index (χ1) is 8.17. The molecular weight excluding hydrogens is 398 g/mol. The Morgan fingerprint density at radius 3 is 2.42 bits per heavy atom. The highest BCUT2D eigenvalue weighted by Crippen LogP contribution is 2.02. The van der Waals surface area contributed by atoms with Crippen LogP contribution in [0.25, 0.3) is 0 Å². The van der Waals surface area contributed by atoms with E-state index in [0.29, 0.717) is 12.1 Å². The first-order valence-corrected chi connectivity index (χ1v) is 6.87. The average molecular weight is 418 g/mol. The molecular formula is C12H20Cl2IN3O. The SMILES string of the molecule is CCN(CC)CCNC(=O)c1ccc([125I])nc1.Cl.Cl. The van der Waals surface area contributed by atoms with Crippen molar-refractivity contribution in [1.29, 1.82) is 0 Å². The molecule has 1 rings (SSSR count). The van der Waals surface area contributed by atoms with E-state index in [1.807, 2.05) is 6.07 Å². The summed E-state index contributed by atoms with van der Waals surface area (Å²) < 4.78 is 0.891.